The van der Waals surface area contributed by atoms with E-state index in [9.17, 15) is 13.2 Å². The zero-order chi connectivity index (χ0) is 14.0. The topological polar surface area (TPSA) is 61.8 Å². The van der Waals surface area contributed by atoms with Gasteiger partial charge in [0.05, 0.1) is 17.2 Å². The van der Waals surface area contributed by atoms with E-state index in [-0.39, 0.29) is 11.6 Å². The Bertz CT molecular complexity index is 501. The fraction of sp³-hybridized carbons (Fsp3) is 0.462. The van der Waals surface area contributed by atoms with Gasteiger partial charge >= 0.3 is 6.18 Å². The third-order valence-electron chi connectivity index (χ3n) is 3.21. The highest BCUT2D eigenvalue weighted by Gasteiger charge is 2.33. The number of halogens is 3. The molecule has 1 aromatic carbocycles. The molecule has 0 spiro atoms. The molecule has 0 heterocycles. The summed E-state index contributed by atoms with van der Waals surface area (Å²) in [5, 5.41) is 11.8. The van der Waals surface area contributed by atoms with Crippen LogP contribution < -0.4 is 11.1 Å². The molecule has 19 heavy (non-hydrogen) atoms. The van der Waals surface area contributed by atoms with E-state index in [4.69, 9.17) is 11.0 Å². The molecule has 1 saturated carbocycles. The summed E-state index contributed by atoms with van der Waals surface area (Å²) in [7, 11) is 0. The number of nitrogens with one attached hydrogen (secondary N) is 1. The molecule has 1 aliphatic carbocycles. The van der Waals surface area contributed by atoms with Gasteiger partial charge in [-0.1, -0.05) is 0 Å². The first-order chi connectivity index (χ1) is 8.91. The minimum Gasteiger partial charge on any atom is -0.383 e. The average molecular weight is 269 g/mol. The quantitative estimate of drug-likeness (QED) is 0.883. The molecule has 0 bridgehead atoms. The lowest BCUT2D eigenvalue weighted by atomic mass is 10.1. The zero-order valence-corrected chi connectivity index (χ0v) is 10.2. The van der Waals surface area contributed by atoms with Crippen LogP contribution in [0.2, 0.25) is 0 Å². The SMILES string of the molecule is N#Cc1cc(NCC(N)C2CC2)ccc1C(F)(F)F. The normalized spacial score (nSPS) is 16.8. The Balaban J connectivity index is 2.08. The van der Waals surface area contributed by atoms with Crippen molar-refractivity contribution in [3.63, 3.8) is 0 Å². The number of alkyl halides is 3. The Kier molecular flexibility index (Phi) is 3.67. The number of benzene rings is 1. The van der Waals surface area contributed by atoms with Crippen LogP contribution in [0.1, 0.15) is 24.0 Å². The minimum absolute atomic E-state index is 0.00725. The number of rotatable bonds is 4. The van der Waals surface area contributed by atoms with Crippen molar-refractivity contribution in [3.8, 4) is 6.07 Å². The predicted octanol–water partition coefficient (Wildman–Crippen LogP) is 2.73. The first-order valence-corrected chi connectivity index (χ1v) is 6.02. The second-order valence-electron chi connectivity index (χ2n) is 4.75. The van der Waals surface area contributed by atoms with Crippen molar-refractivity contribution in [2.45, 2.75) is 25.1 Å². The fourth-order valence-corrected chi connectivity index (χ4v) is 1.92. The third-order valence-corrected chi connectivity index (χ3v) is 3.21. The van der Waals surface area contributed by atoms with E-state index in [1.807, 2.05) is 0 Å². The van der Waals surface area contributed by atoms with Crippen LogP contribution in [-0.2, 0) is 6.18 Å². The molecule has 0 radical (unpaired) electrons. The number of hydrogen-bond donors (Lipinski definition) is 2. The van der Waals surface area contributed by atoms with Gasteiger partial charge in [-0.15, -0.1) is 0 Å². The van der Waals surface area contributed by atoms with E-state index < -0.39 is 11.7 Å². The van der Waals surface area contributed by atoms with Crippen LogP contribution >= 0.6 is 0 Å². The molecule has 2 rings (SSSR count). The van der Waals surface area contributed by atoms with E-state index >= 15 is 0 Å². The standard InChI is InChI=1S/C13H14F3N3/c14-13(15,16)11-4-3-10(5-9(11)6-17)19-7-12(18)8-1-2-8/h3-5,8,12,19H,1-2,7,18H2. The molecular weight excluding hydrogens is 255 g/mol. The maximum atomic E-state index is 12.6. The molecule has 6 heteroatoms. The van der Waals surface area contributed by atoms with Crippen molar-refractivity contribution < 1.29 is 13.2 Å². The maximum Gasteiger partial charge on any atom is 0.417 e. The highest BCUT2D eigenvalue weighted by Crippen LogP contribution is 2.34. The molecule has 1 unspecified atom stereocenters. The van der Waals surface area contributed by atoms with E-state index in [2.05, 4.69) is 5.32 Å². The Morgan fingerprint density at radius 1 is 1.42 bits per heavy atom. The Morgan fingerprint density at radius 3 is 2.63 bits per heavy atom. The van der Waals surface area contributed by atoms with Gasteiger partial charge in [0.2, 0.25) is 0 Å². The Hall–Kier alpha value is -1.74. The van der Waals surface area contributed by atoms with Gasteiger partial charge in [0.15, 0.2) is 0 Å². The molecule has 1 atom stereocenters. The highest BCUT2D eigenvalue weighted by atomic mass is 19.4. The lowest BCUT2D eigenvalue weighted by Crippen LogP contribution is -2.31. The van der Waals surface area contributed by atoms with Gasteiger partial charge in [0.1, 0.15) is 0 Å². The molecule has 1 fully saturated rings. The zero-order valence-electron chi connectivity index (χ0n) is 10.2. The van der Waals surface area contributed by atoms with Gasteiger partial charge in [0.25, 0.3) is 0 Å². The molecule has 1 aromatic rings. The number of anilines is 1. The lowest BCUT2D eigenvalue weighted by Gasteiger charge is -2.14. The summed E-state index contributed by atoms with van der Waals surface area (Å²) in [5.74, 6) is 0.511. The monoisotopic (exact) mass is 269 g/mol. The van der Waals surface area contributed by atoms with Crippen molar-refractivity contribution in [1.82, 2.24) is 0 Å². The third kappa shape index (κ3) is 3.38. The molecule has 0 aromatic heterocycles. The summed E-state index contributed by atoms with van der Waals surface area (Å²) in [6.45, 7) is 0.501. The van der Waals surface area contributed by atoms with Crippen molar-refractivity contribution >= 4 is 5.69 Å². The summed E-state index contributed by atoms with van der Waals surface area (Å²) in [4.78, 5) is 0. The van der Waals surface area contributed by atoms with E-state index in [1.54, 1.807) is 6.07 Å². The molecule has 1 aliphatic rings. The van der Waals surface area contributed by atoms with Crippen LogP contribution in [-0.4, -0.2) is 12.6 Å². The number of hydrogen-bond acceptors (Lipinski definition) is 3. The van der Waals surface area contributed by atoms with Crippen LogP contribution in [0.5, 0.6) is 0 Å². The first kappa shape index (κ1) is 13.7. The fourth-order valence-electron chi connectivity index (χ4n) is 1.92. The molecule has 3 nitrogen and oxygen atoms in total. The molecule has 102 valence electrons. The maximum absolute atomic E-state index is 12.6. The van der Waals surface area contributed by atoms with E-state index in [0.717, 1.165) is 18.9 Å². The van der Waals surface area contributed by atoms with Gasteiger partial charge in [-0.25, -0.2) is 0 Å². The van der Waals surface area contributed by atoms with Gasteiger partial charge in [-0.3, -0.25) is 0 Å². The van der Waals surface area contributed by atoms with Crippen molar-refractivity contribution in [2.24, 2.45) is 11.7 Å². The average Bonchev–Trinajstić information content (AvgIpc) is 3.18. The number of nitriles is 1. The van der Waals surface area contributed by atoms with E-state index in [1.165, 1.54) is 12.1 Å². The predicted molar refractivity (Wildman–Crippen MR) is 65.3 cm³/mol. The van der Waals surface area contributed by atoms with Crippen molar-refractivity contribution in [3.05, 3.63) is 29.3 Å². The lowest BCUT2D eigenvalue weighted by molar-refractivity contribution is -0.137. The van der Waals surface area contributed by atoms with Crippen LogP contribution in [0.3, 0.4) is 0 Å². The molecule has 3 N–H and O–H groups in total. The second kappa shape index (κ2) is 5.10. The largest absolute Gasteiger partial charge is 0.417 e. The van der Waals surface area contributed by atoms with Gasteiger partial charge in [-0.05, 0) is 37.0 Å². The molecule has 0 amide bonds. The summed E-state index contributed by atoms with van der Waals surface area (Å²) in [6, 6.07) is 5.03. The van der Waals surface area contributed by atoms with Crippen molar-refractivity contribution in [1.29, 1.82) is 5.26 Å². The van der Waals surface area contributed by atoms with Crippen LogP contribution in [0.15, 0.2) is 18.2 Å². The summed E-state index contributed by atoms with van der Waals surface area (Å²) in [5.41, 5.74) is 5.09. The van der Waals surface area contributed by atoms with Gasteiger partial charge in [0, 0.05) is 18.3 Å². The smallest absolute Gasteiger partial charge is 0.383 e. The molecular formula is C13H14F3N3. The summed E-state index contributed by atoms with van der Waals surface area (Å²) in [6.07, 6.45) is -2.29. The minimum atomic E-state index is -4.51. The molecule has 0 saturated heterocycles. The van der Waals surface area contributed by atoms with E-state index in [0.29, 0.717) is 18.2 Å². The Morgan fingerprint density at radius 2 is 2.11 bits per heavy atom. The summed E-state index contributed by atoms with van der Waals surface area (Å²) < 4.78 is 37.8. The van der Waals surface area contributed by atoms with Gasteiger partial charge < -0.3 is 11.1 Å². The van der Waals surface area contributed by atoms with Gasteiger partial charge in [-0.2, -0.15) is 18.4 Å². The van der Waals surface area contributed by atoms with Crippen LogP contribution in [0.25, 0.3) is 0 Å². The Labute approximate surface area is 109 Å². The van der Waals surface area contributed by atoms with Crippen LogP contribution in [0, 0.1) is 17.2 Å². The molecule has 0 aliphatic heterocycles. The second-order valence-corrected chi connectivity index (χ2v) is 4.75. The highest BCUT2D eigenvalue weighted by molar-refractivity contribution is 5.53. The van der Waals surface area contributed by atoms with Crippen molar-refractivity contribution in [2.75, 3.05) is 11.9 Å². The number of nitrogens with zero attached hydrogens (tertiary/aromatic N) is 1. The first-order valence-electron chi connectivity index (χ1n) is 6.02. The van der Waals surface area contributed by atoms with Crippen LogP contribution in [0.4, 0.5) is 18.9 Å². The number of nitrogens with two attached hydrogens (primary N) is 1. The summed E-state index contributed by atoms with van der Waals surface area (Å²) >= 11 is 0.